The smallest absolute Gasteiger partial charge is 0.335 e. The van der Waals surface area contributed by atoms with Gasteiger partial charge in [-0.1, -0.05) is 35.9 Å². The Hall–Kier alpha value is -2.70. The van der Waals surface area contributed by atoms with Gasteiger partial charge in [-0.25, -0.2) is 9.78 Å². The zero-order valence-electron chi connectivity index (χ0n) is 13.8. The standard InChI is InChI=1S/C19H15ClN2O3S/c1-11-16(26-18(22-11)14-3-2-4-15(20)9-14)17(23)21-10-12-5-7-13(8-6-12)19(24)25/h2-9H,10H2,1H3,(H,21,23)(H,24,25). The number of aryl methyl sites for hydroxylation is 1. The van der Waals surface area contributed by atoms with Crippen molar-refractivity contribution in [1.29, 1.82) is 0 Å². The summed E-state index contributed by atoms with van der Waals surface area (Å²) in [5, 5.41) is 13.1. The van der Waals surface area contributed by atoms with Gasteiger partial charge in [0.1, 0.15) is 9.88 Å². The molecule has 0 unspecified atom stereocenters. The summed E-state index contributed by atoms with van der Waals surface area (Å²) in [5.41, 5.74) is 2.56. The quantitative estimate of drug-likeness (QED) is 0.681. The van der Waals surface area contributed by atoms with Crippen molar-refractivity contribution in [2.45, 2.75) is 13.5 Å². The molecule has 0 radical (unpaired) electrons. The summed E-state index contributed by atoms with van der Waals surface area (Å²) in [7, 11) is 0. The molecule has 26 heavy (non-hydrogen) atoms. The third-order valence-electron chi connectivity index (χ3n) is 3.73. The Morgan fingerprint density at radius 2 is 1.92 bits per heavy atom. The number of hydrogen-bond donors (Lipinski definition) is 2. The molecule has 0 saturated carbocycles. The van der Waals surface area contributed by atoms with E-state index in [2.05, 4.69) is 10.3 Å². The molecule has 0 fully saturated rings. The molecule has 0 atom stereocenters. The van der Waals surface area contributed by atoms with Crippen molar-refractivity contribution in [1.82, 2.24) is 10.3 Å². The van der Waals surface area contributed by atoms with Gasteiger partial charge >= 0.3 is 5.97 Å². The Labute approximate surface area is 159 Å². The second-order valence-electron chi connectivity index (χ2n) is 5.63. The molecule has 0 bridgehead atoms. The van der Waals surface area contributed by atoms with Crippen LogP contribution in [-0.4, -0.2) is 22.0 Å². The molecular formula is C19H15ClN2O3S. The van der Waals surface area contributed by atoms with E-state index in [1.807, 2.05) is 18.2 Å². The fraction of sp³-hybridized carbons (Fsp3) is 0.105. The maximum absolute atomic E-state index is 12.5. The maximum Gasteiger partial charge on any atom is 0.335 e. The molecule has 1 aromatic heterocycles. The number of benzene rings is 2. The van der Waals surface area contributed by atoms with Crippen molar-refractivity contribution < 1.29 is 14.7 Å². The number of nitrogens with one attached hydrogen (secondary N) is 1. The number of thiazole rings is 1. The first kappa shape index (κ1) is 18.1. The van der Waals surface area contributed by atoms with Crippen LogP contribution in [0.15, 0.2) is 48.5 Å². The summed E-state index contributed by atoms with van der Waals surface area (Å²) in [4.78, 5) is 28.3. The molecule has 132 valence electrons. The van der Waals surface area contributed by atoms with Gasteiger partial charge in [0.25, 0.3) is 5.91 Å². The minimum Gasteiger partial charge on any atom is -0.478 e. The fourth-order valence-electron chi connectivity index (χ4n) is 2.38. The summed E-state index contributed by atoms with van der Waals surface area (Å²) in [6, 6.07) is 13.7. The van der Waals surface area contributed by atoms with Crippen molar-refractivity contribution in [2.24, 2.45) is 0 Å². The Kier molecular flexibility index (Phi) is 5.35. The van der Waals surface area contributed by atoms with E-state index in [1.165, 1.54) is 23.5 Å². The van der Waals surface area contributed by atoms with Gasteiger partial charge in [0, 0.05) is 17.1 Å². The number of carboxylic acid groups (broad SMARTS) is 1. The lowest BCUT2D eigenvalue weighted by atomic mass is 10.1. The number of hydrogen-bond acceptors (Lipinski definition) is 4. The number of carbonyl (C=O) groups excluding carboxylic acids is 1. The third kappa shape index (κ3) is 4.09. The van der Waals surface area contributed by atoms with Gasteiger partial charge < -0.3 is 10.4 Å². The largest absolute Gasteiger partial charge is 0.478 e. The minimum atomic E-state index is -0.977. The van der Waals surface area contributed by atoms with Crippen molar-refractivity contribution in [3.05, 3.63) is 75.3 Å². The number of nitrogens with zero attached hydrogens (tertiary/aromatic N) is 1. The zero-order valence-corrected chi connectivity index (χ0v) is 15.4. The van der Waals surface area contributed by atoms with Crippen molar-refractivity contribution in [2.75, 3.05) is 0 Å². The van der Waals surface area contributed by atoms with Crippen LogP contribution in [0, 0.1) is 6.92 Å². The van der Waals surface area contributed by atoms with Gasteiger partial charge in [-0.2, -0.15) is 0 Å². The Morgan fingerprint density at radius 3 is 2.58 bits per heavy atom. The first-order chi connectivity index (χ1) is 12.4. The molecule has 2 N–H and O–H groups in total. The van der Waals surface area contributed by atoms with Crippen LogP contribution in [0.3, 0.4) is 0 Å². The lowest BCUT2D eigenvalue weighted by Crippen LogP contribution is -2.22. The molecule has 7 heteroatoms. The molecule has 0 aliphatic rings. The molecule has 0 aliphatic carbocycles. The van der Waals surface area contributed by atoms with Crippen LogP contribution in [0.2, 0.25) is 5.02 Å². The molecule has 1 amide bonds. The summed E-state index contributed by atoms with van der Waals surface area (Å²) < 4.78 is 0. The van der Waals surface area contributed by atoms with Gasteiger partial charge in [0.2, 0.25) is 0 Å². The highest BCUT2D eigenvalue weighted by Crippen LogP contribution is 2.29. The fourth-order valence-corrected chi connectivity index (χ4v) is 3.55. The van der Waals surface area contributed by atoms with Crippen molar-refractivity contribution >= 4 is 34.8 Å². The number of amides is 1. The normalized spacial score (nSPS) is 10.5. The SMILES string of the molecule is Cc1nc(-c2cccc(Cl)c2)sc1C(=O)NCc1ccc(C(=O)O)cc1. The van der Waals surface area contributed by atoms with Gasteiger partial charge in [0.15, 0.2) is 0 Å². The molecule has 0 aliphatic heterocycles. The molecule has 1 heterocycles. The Bertz CT molecular complexity index is 967. The highest BCUT2D eigenvalue weighted by Gasteiger charge is 2.16. The van der Waals surface area contributed by atoms with Crippen molar-refractivity contribution in [3.63, 3.8) is 0 Å². The molecular weight excluding hydrogens is 372 g/mol. The van der Waals surface area contributed by atoms with Crippen molar-refractivity contribution in [3.8, 4) is 10.6 Å². The molecule has 5 nitrogen and oxygen atoms in total. The third-order valence-corrected chi connectivity index (χ3v) is 5.17. The van der Waals surface area contributed by atoms with Crippen LogP contribution in [0.1, 0.15) is 31.3 Å². The number of aromatic nitrogens is 1. The van der Waals surface area contributed by atoms with E-state index in [1.54, 1.807) is 25.1 Å². The monoisotopic (exact) mass is 386 g/mol. The molecule has 3 rings (SSSR count). The Balaban J connectivity index is 1.71. The van der Waals surface area contributed by atoms with Gasteiger partial charge in [-0.3, -0.25) is 4.79 Å². The lowest BCUT2D eigenvalue weighted by molar-refractivity contribution is 0.0696. The van der Waals surface area contributed by atoms with E-state index < -0.39 is 5.97 Å². The van der Waals surface area contributed by atoms with E-state index in [-0.39, 0.29) is 11.5 Å². The maximum atomic E-state index is 12.5. The first-order valence-corrected chi connectivity index (χ1v) is 8.97. The van der Waals surface area contributed by atoms with E-state index in [0.717, 1.165) is 16.1 Å². The predicted octanol–water partition coefficient (Wildman–Crippen LogP) is 4.40. The molecule has 3 aromatic rings. The zero-order chi connectivity index (χ0) is 18.7. The van der Waals surface area contributed by atoms with Crippen LogP contribution < -0.4 is 5.32 Å². The van der Waals surface area contributed by atoms with Gasteiger partial charge in [-0.05, 0) is 36.8 Å². The number of rotatable bonds is 5. The number of aromatic carboxylic acids is 1. The van der Waals surface area contributed by atoms with E-state index in [9.17, 15) is 9.59 Å². The number of carboxylic acids is 1. The van der Waals surface area contributed by atoms with Crippen LogP contribution in [0.25, 0.3) is 10.6 Å². The highest BCUT2D eigenvalue weighted by molar-refractivity contribution is 7.17. The van der Waals surface area contributed by atoms with Crippen LogP contribution in [0.5, 0.6) is 0 Å². The van der Waals surface area contributed by atoms with E-state index >= 15 is 0 Å². The van der Waals surface area contributed by atoms with Crippen LogP contribution >= 0.6 is 22.9 Å². The summed E-state index contributed by atoms with van der Waals surface area (Å²) in [6.07, 6.45) is 0. The second-order valence-corrected chi connectivity index (χ2v) is 7.06. The average molecular weight is 387 g/mol. The van der Waals surface area contributed by atoms with Crippen LogP contribution in [0.4, 0.5) is 0 Å². The summed E-state index contributed by atoms with van der Waals surface area (Å²) in [5.74, 6) is -1.19. The predicted molar refractivity (Wildman–Crippen MR) is 102 cm³/mol. The topological polar surface area (TPSA) is 79.3 Å². The van der Waals surface area contributed by atoms with E-state index in [4.69, 9.17) is 16.7 Å². The second kappa shape index (κ2) is 7.68. The first-order valence-electron chi connectivity index (χ1n) is 7.78. The highest BCUT2D eigenvalue weighted by atomic mass is 35.5. The average Bonchev–Trinajstić information content (AvgIpc) is 3.02. The summed E-state index contributed by atoms with van der Waals surface area (Å²) >= 11 is 7.32. The Morgan fingerprint density at radius 1 is 1.19 bits per heavy atom. The van der Waals surface area contributed by atoms with Gasteiger partial charge in [0.05, 0.1) is 11.3 Å². The number of carbonyl (C=O) groups is 2. The number of halogens is 1. The molecule has 0 saturated heterocycles. The summed E-state index contributed by atoms with van der Waals surface area (Å²) in [6.45, 7) is 2.10. The van der Waals surface area contributed by atoms with Gasteiger partial charge in [-0.15, -0.1) is 11.3 Å². The molecule has 2 aromatic carbocycles. The van der Waals surface area contributed by atoms with Crippen LogP contribution in [-0.2, 0) is 6.54 Å². The van der Waals surface area contributed by atoms with E-state index in [0.29, 0.717) is 22.1 Å². The minimum absolute atomic E-state index is 0.212. The molecule has 0 spiro atoms. The lowest BCUT2D eigenvalue weighted by Gasteiger charge is -2.04.